The van der Waals surface area contributed by atoms with Crippen LogP contribution in [0.15, 0.2) is 42.5 Å². The van der Waals surface area contributed by atoms with Crippen molar-refractivity contribution in [3.63, 3.8) is 0 Å². The number of rotatable bonds is 3. The van der Waals surface area contributed by atoms with Gasteiger partial charge in [-0.3, -0.25) is 0 Å². The third-order valence-corrected chi connectivity index (χ3v) is 5.03. The van der Waals surface area contributed by atoms with Crippen molar-refractivity contribution in [1.29, 1.82) is 0 Å². The van der Waals surface area contributed by atoms with Crippen LogP contribution in [0, 0.1) is 0 Å². The van der Waals surface area contributed by atoms with Crippen molar-refractivity contribution in [2.45, 2.75) is 18.3 Å². The van der Waals surface area contributed by atoms with Crippen LogP contribution >= 0.6 is 11.6 Å². The second-order valence-electron chi connectivity index (χ2n) is 6.25. The van der Waals surface area contributed by atoms with Crippen molar-refractivity contribution >= 4 is 28.5 Å². The first kappa shape index (κ1) is 15.7. The first-order valence-electron chi connectivity index (χ1n) is 7.78. The molecule has 0 bridgehead atoms. The van der Waals surface area contributed by atoms with Crippen LogP contribution in [0.25, 0.3) is 10.9 Å². The van der Waals surface area contributed by atoms with Crippen LogP contribution in [0.3, 0.4) is 0 Å². The van der Waals surface area contributed by atoms with Crippen molar-refractivity contribution in [3.8, 4) is 11.5 Å². The molecule has 3 aromatic rings. The van der Waals surface area contributed by atoms with Gasteiger partial charge in [-0.25, -0.2) is 9.78 Å². The van der Waals surface area contributed by atoms with Gasteiger partial charge >= 0.3 is 5.97 Å². The molecule has 1 aliphatic rings. The van der Waals surface area contributed by atoms with E-state index >= 15 is 0 Å². The third-order valence-electron chi connectivity index (χ3n) is 4.78. The van der Waals surface area contributed by atoms with Gasteiger partial charge in [0.05, 0.1) is 5.69 Å². The Morgan fingerprint density at radius 2 is 1.76 bits per heavy atom. The normalized spacial score (nSPS) is 15.2. The summed E-state index contributed by atoms with van der Waals surface area (Å²) in [6.45, 7) is 0. The fourth-order valence-electron chi connectivity index (χ4n) is 3.37. The lowest BCUT2D eigenvalue weighted by Gasteiger charge is -2.19. The summed E-state index contributed by atoms with van der Waals surface area (Å²) in [5, 5.41) is 31.2. The Kier molecular flexibility index (Phi) is 3.37. The van der Waals surface area contributed by atoms with E-state index in [9.17, 15) is 20.1 Å². The molecular weight excluding hydrogens is 342 g/mol. The van der Waals surface area contributed by atoms with Crippen LogP contribution in [0.5, 0.6) is 11.5 Å². The molecule has 2 aromatic carbocycles. The zero-order chi connectivity index (χ0) is 17.8. The van der Waals surface area contributed by atoms with E-state index < -0.39 is 11.4 Å². The molecule has 1 fully saturated rings. The van der Waals surface area contributed by atoms with Gasteiger partial charge in [0.2, 0.25) is 0 Å². The lowest BCUT2D eigenvalue weighted by atomic mass is 9.89. The number of carboxylic acid groups (broad SMARTS) is 1. The maximum Gasteiger partial charge on any atom is 0.340 e. The standard InChI is InChI=1S/C19H14ClNO4/c20-11-6-4-10(5-7-11)19(8-9-19)17-16(23)14(18(24)25)12-2-1-3-13(22)15(12)21-17/h1-7,22-23H,8-9H2,(H,24,25). The SMILES string of the molecule is O=C(O)c1c(O)c(C2(c3ccc(Cl)cc3)CC2)nc2c(O)cccc12. The van der Waals surface area contributed by atoms with Crippen molar-refractivity contribution < 1.29 is 20.1 Å². The third kappa shape index (κ3) is 2.31. The molecular formula is C19H14ClNO4. The van der Waals surface area contributed by atoms with Crippen molar-refractivity contribution in [2.24, 2.45) is 0 Å². The zero-order valence-corrected chi connectivity index (χ0v) is 13.8. The topological polar surface area (TPSA) is 90.7 Å². The summed E-state index contributed by atoms with van der Waals surface area (Å²) in [6, 6.07) is 11.7. The van der Waals surface area contributed by atoms with Gasteiger partial charge in [-0.1, -0.05) is 35.9 Å². The number of halogens is 1. The molecule has 3 N–H and O–H groups in total. The predicted octanol–water partition coefficient (Wildman–Crippen LogP) is 4.08. The molecule has 1 aromatic heterocycles. The summed E-state index contributed by atoms with van der Waals surface area (Å²) in [5.74, 6) is -1.73. The molecule has 0 spiro atoms. The quantitative estimate of drug-likeness (QED) is 0.658. The van der Waals surface area contributed by atoms with Gasteiger partial charge in [-0.15, -0.1) is 0 Å². The highest BCUT2D eigenvalue weighted by atomic mass is 35.5. The van der Waals surface area contributed by atoms with Crippen molar-refractivity contribution in [2.75, 3.05) is 0 Å². The number of hydrogen-bond donors (Lipinski definition) is 3. The minimum absolute atomic E-state index is 0.117. The number of carboxylic acids is 1. The van der Waals surface area contributed by atoms with E-state index in [4.69, 9.17) is 11.6 Å². The number of benzene rings is 2. The van der Waals surface area contributed by atoms with Crippen LogP contribution in [-0.2, 0) is 5.41 Å². The van der Waals surface area contributed by atoms with Crippen LogP contribution < -0.4 is 0 Å². The molecule has 5 nitrogen and oxygen atoms in total. The van der Waals surface area contributed by atoms with Crippen molar-refractivity contribution in [1.82, 2.24) is 4.98 Å². The molecule has 25 heavy (non-hydrogen) atoms. The number of pyridine rings is 1. The number of phenolic OH excluding ortho intramolecular Hbond substituents is 1. The molecule has 6 heteroatoms. The molecule has 0 atom stereocenters. The zero-order valence-electron chi connectivity index (χ0n) is 13.0. The Labute approximate surface area is 148 Å². The van der Waals surface area contributed by atoms with E-state index in [2.05, 4.69) is 4.98 Å². The summed E-state index contributed by atoms with van der Waals surface area (Å²) in [4.78, 5) is 16.2. The van der Waals surface area contributed by atoms with Gasteiger partial charge in [-0.2, -0.15) is 0 Å². The number of hydrogen-bond acceptors (Lipinski definition) is 4. The van der Waals surface area contributed by atoms with E-state index in [1.54, 1.807) is 12.1 Å². The minimum Gasteiger partial charge on any atom is -0.506 e. The molecule has 0 radical (unpaired) electrons. The van der Waals surface area contributed by atoms with Gasteiger partial charge in [-0.05, 0) is 36.6 Å². The van der Waals surface area contributed by atoms with Crippen LogP contribution in [0.1, 0.15) is 34.5 Å². The molecule has 0 saturated heterocycles. The monoisotopic (exact) mass is 355 g/mol. The summed E-state index contributed by atoms with van der Waals surface area (Å²) < 4.78 is 0. The van der Waals surface area contributed by atoms with Crippen molar-refractivity contribution in [3.05, 3.63) is 64.3 Å². The van der Waals surface area contributed by atoms with E-state index in [0.717, 1.165) is 18.4 Å². The van der Waals surface area contributed by atoms with Gasteiger partial charge < -0.3 is 15.3 Å². The van der Waals surface area contributed by atoms with E-state index in [1.165, 1.54) is 18.2 Å². The van der Waals surface area contributed by atoms with E-state index in [1.807, 2.05) is 12.1 Å². The Morgan fingerprint density at radius 3 is 2.36 bits per heavy atom. The Morgan fingerprint density at radius 1 is 1.08 bits per heavy atom. The van der Waals surface area contributed by atoms with Gasteiger partial charge in [0.1, 0.15) is 16.8 Å². The van der Waals surface area contributed by atoms with Crippen LogP contribution in [0.2, 0.25) is 5.02 Å². The fourth-order valence-corrected chi connectivity index (χ4v) is 3.49. The largest absolute Gasteiger partial charge is 0.506 e. The maximum atomic E-state index is 11.7. The number of para-hydroxylation sites is 1. The Balaban J connectivity index is 2.02. The number of carbonyl (C=O) groups is 1. The molecule has 1 saturated carbocycles. The highest BCUT2D eigenvalue weighted by Gasteiger charge is 2.50. The minimum atomic E-state index is -1.26. The molecule has 1 aliphatic carbocycles. The number of phenols is 1. The number of aromatic nitrogens is 1. The second-order valence-corrected chi connectivity index (χ2v) is 6.69. The predicted molar refractivity (Wildman–Crippen MR) is 93.5 cm³/mol. The molecule has 126 valence electrons. The average molecular weight is 356 g/mol. The summed E-state index contributed by atoms with van der Waals surface area (Å²) >= 11 is 5.95. The van der Waals surface area contributed by atoms with Crippen LogP contribution in [0.4, 0.5) is 0 Å². The second kappa shape index (κ2) is 5.36. The summed E-state index contributed by atoms with van der Waals surface area (Å²) in [6.07, 6.45) is 1.46. The summed E-state index contributed by atoms with van der Waals surface area (Å²) in [7, 11) is 0. The van der Waals surface area contributed by atoms with Gasteiger partial charge in [0, 0.05) is 15.8 Å². The molecule has 0 amide bonds. The molecule has 0 aliphatic heterocycles. The van der Waals surface area contributed by atoms with E-state index in [0.29, 0.717) is 5.02 Å². The number of fused-ring (bicyclic) bond motifs is 1. The first-order chi connectivity index (χ1) is 11.9. The fraction of sp³-hybridized carbons (Fsp3) is 0.158. The lowest BCUT2D eigenvalue weighted by Crippen LogP contribution is -2.14. The number of aromatic hydroxyl groups is 2. The summed E-state index contributed by atoms with van der Waals surface area (Å²) in [5.41, 5.74) is 0.561. The first-order valence-corrected chi connectivity index (χ1v) is 8.16. The molecule has 1 heterocycles. The van der Waals surface area contributed by atoms with Crippen LogP contribution in [-0.4, -0.2) is 26.3 Å². The average Bonchev–Trinajstić information content (AvgIpc) is 3.36. The Bertz CT molecular complexity index is 1010. The highest BCUT2D eigenvalue weighted by molar-refractivity contribution is 6.30. The molecule has 4 rings (SSSR count). The number of aromatic carboxylic acids is 1. The Hall–Kier alpha value is -2.79. The maximum absolute atomic E-state index is 11.7. The lowest BCUT2D eigenvalue weighted by molar-refractivity contribution is 0.0695. The molecule has 0 unspecified atom stereocenters. The highest BCUT2D eigenvalue weighted by Crippen LogP contribution is 2.56. The van der Waals surface area contributed by atoms with Gasteiger partial charge in [0.15, 0.2) is 5.75 Å². The smallest absolute Gasteiger partial charge is 0.340 e. The number of nitrogens with zero attached hydrogens (tertiary/aromatic N) is 1. The van der Waals surface area contributed by atoms with Gasteiger partial charge in [0.25, 0.3) is 0 Å². The van der Waals surface area contributed by atoms with E-state index in [-0.39, 0.29) is 33.7 Å².